The Morgan fingerprint density at radius 1 is 1.21 bits per heavy atom. The fourth-order valence-electron chi connectivity index (χ4n) is 2.10. The van der Waals surface area contributed by atoms with Crippen molar-refractivity contribution in [1.29, 1.82) is 0 Å². The largest absolute Gasteiger partial charge is 0.490 e. The van der Waals surface area contributed by atoms with Gasteiger partial charge in [-0.2, -0.15) is 0 Å². The highest BCUT2D eigenvalue weighted by Crippen LogP contribution is 2.23. The maximum atomic E-state index is 11.2. The molecular weight excluding hydrogens is 240 g/mol. The fraction of sp³-hybridized carbons (Fsp3) is 0.438. The van der Waals surface area contributed by atoms with Crippen LogP contribution < -0.4 is 10.4 Å². The Labute approximate surface area is 113 Å². The van der Waals surface area contributed by atoms with Crippen LogP contribution in [-0.2, 0) is 0 Å². The molecule has 1 heterocycles. The lowest BCUT2D eigenvalue weighted by molar-refractivity contribution is 0.141. The molecule has 1 aromatic carbocycles. The number of fused-ring (bicyclic) bond motifs is 1. The van der Waals surface area contributed by atoms with E-state index in [1.807, 2.05) is 12.1 Å². The Morgan fingerprint density at radius 3 is 2.63 bits per heavy atom. The molecule has 0 bridgehead atoms. The van der Waals surface area contributed by atoms with Crippen molar-refractivity contribution in [2.24, 2.45) is 5.92 Å². The lowest BCUT2D eigenvalue weighted by Crippen LogP contribution is -2.22. The van der Waals surface area contributed by atoms with Gasteiger partial charge in [-0.3, -0.25) is 0 Å². The highest BCUT2D eigenvalue weighted by molar-refractivity contribution is 5.77. The number of hydrogen-bond acceptors (Lipinski definition) is 3. The van der Waals surface area contributed by atoms with Crippen molar-refractivity contribution in [3.8, 4) is 5.75 Å². The third-order valence-corrected chi connectivity index (χ3v) is 3.20. The average molecular weight is 260 g/mol. The topological polar surface area (TPSA) is 39.4 Å². The molecule has 0 saturated heterocycles. The van der Waals surface area contributed by atoms with Gasteiger partial charge in [0.1, 0.15) is 17.4 Å². The predicted molar refractivity (Wildman–Crippen MR) is 76.6 cm³/mol. The summed E-state index contributed by atoms with van der Waals surface area (Å²) in [5.74, 6) is 1.22. The Kier molecular flexibility index (Phi) is 4.25. The first-order valence-electron chi connectivity index (χ1n) is 6.80. The highest BCUT2D eigenvalue weighted by Gasteiger charge is 2.14. The van der Waals surface area contributed by atoms with Gasteiger partial charge >= 0.3 is 5.63 Å². The van der Waals surface area contributed by atoms with Crippen LogP contribution in [-0.4, -0.2) is 6.10 Å². The van der Waals surface area contributed by atoms with Gasteiger partial charge in [0.2, 0.25) is 0 Å². The minimum atomic E-state index is -0.335. The molecule has 1 atom stereocenters. The first-order chi connectivity index (χ1) is 9.10. The standard InChI is InChI=1S/C16H20O3/c1-4-5-14(11(2)3)18-13-8-6-12-7-9-16(17)19-15(12)10-13/h6-11,14H,4-5H2,1-3H3. The summed E-state index contributed by atoms with van der Waals surface area (Å²) >= 11 is 0. The van der Waals surface area contributed by atoms with Gasteiger partial charge in [0.05, 0.1) is 0 Å². The number of hydrogen-bond donors (Lipinski definition) is 0. The van der Waals surface area contributed by atoms with E-state index in [1.165, 1.54) is 6.07 Å². The second-order valence-corrected chi connectivity index (χ2v) is 5.14. The van der Waals surface area contributed by atoms with Crippen molar-refractivity contribution in [2.75, 3.05) is 0 Å². The van der Waals surface area contributed by atoms with E-state index in [0.29, 0.717) is 11.5 Å². The lowest BCUT2D eigenvalue weighted by atomic mass is 10.0. The van der Waals surface area contributed by atoms with E-state index in [2.05, 4.69) is 20.8 Å². The highest BCUT2D eigenvalue weighted by atomic mass is 16.5. The minimum absolute atomic E-state index is 0.192. The summed E-state index contributed by atoms with van der Waals surface area (Å²) in [6.07, 6.45) is 2.30. The van der Waals surface area contributed by atoms with Crippen LogP contribution in [0.4, 0.5) is 0 Å². The van der Waals surface area contributed by atoms with E-state index >= 15 is 0 Å². The van der Waals surface area contributed by atoms with Crippen molar-refractivity contribution in [3.63, 3.8) is 0 Å². The second-order valence-electron chi connectivity index (χ2n) is 5.14. The van der Waals surface area contributed by atoms with Gasteiger partial charge in [0.25, 0.3) is 0 Å². The first kappa shape index (κ1) is 13.7. The summed E-state index contributed by atoms with van der Waals surface area (Å²) < 4.78 is 11.2. The van der Waals surface area contributed by atoms with E-state index in [1.54, 1.807) is 12.1 Å². The van der Waals surface area contributed by atoms with Crippen LogP contribution in [0.5, 0.6) is 5.75 Å². The van der Waals surface area contributed by atoms with Gasteiger partial charge in [0, 0.05) is 17.5 Å². The fourth-order valence-corrected chi connectivity index (χ4v) is 2.10. The summed E-state index contributed by atoms with van der Waals surface area (Å²) in [5, 5.41) is 0.906. The van der Waals surface area contributed by atoms with Gasteiger partial charge in [-0.15, -0.1) is 0 Å². The molecule has 0 aliphatic rings. The van der Waals surface area contributed by atoms with E-state index in [4.69, 9.17) is 9.15 Å². The smallest absolute Gasteiger partial charge is 0.336 e. The van der Waals surface area contributed by atoms with Crippen LogP contribution in [0.2, 0.25) is 0 Å². The van der Waals surface area contributed by atoms with Crippen LogP contribution in [0.3, 0.4) is 0 Å². The monoisotopic (exact) mass is 260 g/mol. The molecule has 0 amide bonds. The van der Waals surface area contributed by atoms with Gasteiger partial charge < -0.3 is 9.15 Å². The predicted octanol–water partition coefficient (Wildman–Crippen LogP) is 4.00. The lowest BCUT2D eigenvalue weighted by Gasteiger charge is -2.22. The van der Waals surface area contributed by atoms with Crippen molar-refractivity contribution in [3.05, 3.63) is 40.8 Å². The summed E-state index contributed by atoms with van der Waals surface area (Å²) in [5.41, 5.74) is 0.239. The molecule has 0 N–H and O–H groups in total. The molecule has 19 heavy (non-hydrogen) atoms. The molecule has 0 radical (unpaired) electrons. The maximum absolute atomic E-state index is 11.2. The summed E-state index contributed by atoms with van der Waals surface area (Å²) in [6, 6.07) is 8.82. The Morgan fingerprint density at radius 2 is 1.95 bits per heavy atom. The van der Waals surface area contributed by atoms with Crippen LogP contribution in [0, 0.1) is 5.92 Å². The van der Waals surface area contributed by atoms with Crippen molar-refractivity contribution in [1.82, 2.24) is 0 Å². The van der Waals surface area contributed by atoms with E-state index in [0.717, 1.165) is 24.0 Å². The molecule has 2 rings (SSSR count). The van der Waals surface area contributed by atoms with Crippen molar-refractivity contribution >= 4 is 11.0 Å². The van der Waals surface area contributed by atoms with Gasteiger partial charge in [-0.05, 0) is 30.5 Å². The normalized spacial score (nSPS) is 12.8. The zero-order valence-electron chi connectivity index (χ0n) is 11.7. The Balaban J connectivity index is 2.27. The zero-order valence-corrected chi connectivity index (χ0v) is 11.7. The molecule has 1 aromatic heterocycles. The first-order valence-corrected chi connectivity index (χ1v) is 6.80. The zero-order chi connectivity index (χ0) is 13.8. The summed E-state index contributed by atoms with van der Waals surface area (Å²) in [7, 11) is 0. The molecule has 3 nitrogen and oxygen atoms in total. The van der Waals surface area contributed by atoms with Crippen LogP contribution in [0.15, 0.2) is 39.5 Å². The molecule has 0 fully saturated rings. The molecule has 2 aromatic rings. The van der Waals surface area contributed by atoms with Gasteiger partial charge in [0.15, 0.2) is 0 Å². The molecule has 0 spiro atoms. The molecular formula is C16H20O3. The molecule has 102 valence electrons. The molecule has 1 unspecified atom stereocenters. The van der Waals surface area contributed by atoms with E-state index < -0.39 is 0 Å². The van der Waals surface area contributed by atoms with Crippen LogP contribution >= 0.6 is 0 Å². The molecule has 3 heteroatoms. The maximum Gasteiger partial charge on any atom is 0.336 e. The van der Waals surface area contributed by atoms with E-state index in [9.17, 15) is 4.79 Å². The Bertz CT molecular complexity index is 598. The van der Waals surface area contributed by atoms with E-state index in [-0.39, 0.29) is 11.7 Å². The van der Waals surface area contributed by atoms with Gasteiger partial charge in [-0.25, -0.2) is 4.79 Å². The van der Waals surface area contributed by atoms with Crippen molar-refractivity contribution in [2.45, 2.75) is 39.7 Å². The third kappa shape index (κ3) is 3.37. The Hall–Kier alpha value is -1.77. The number of benzene rings is 1. The average Bonchev–Trinajstić information content (AvgIpc) is 2.37. The van der Waals surface area contributed by atoms with Crippen LogP contribution in [0.1, 0.15) is 33.6 Å². The summed E-state index contributed by atoms with van der Waals surface area (Å²) in [4.78, 5) is 11.2. The number of rotatable bonds is 5. The third-order valence-electron chi connectivity index (χ3n) is 3.20. The van der Waals surface area contributed by atoms with Crippen LogP contribution in [0.25, 0.3) is 11.0 Å². The molecule has 0 aliphatic carbocycles. The quantitative estimate of drug-likeness (QED) is 0.763. The number of ether oxygens (including phenoxy) is 1. The molecule has 0 aliphatic heterocycles. The SMILES string of the molecule is CCCC(Oc1ccc2ccc(=O)oc2c1)C(C)C. The van der Waals surface area contributed by atoms with Gasteiger partial charge in [-0.1, -0.05) is 27.2 Å². The van der Waals surface area contributed by atoms with Crippen molar-refractivity contribution < 1.29 is 9.15 Å². The minimum Gasteiger partial charge on any atom is -0.490 e. The second kappa shape index (κ2) is 5.91. The summed E-state index contributed by atoms with van der Waals surface area (Å²) in [6.45, 7) is 6.46. The molecule has 0 saturated carbocycles.